The first kappa shape index (κ1) is 22.3. The van der Waals surface area contributed by atoms with Crippen LogP contribution in [0.4, 0.5) is 4.39 Å². The largest absolute Gasteiger partial charge is 0.481 e. The lowest BCUT2D eigenvalue weighted by atomic mass is 10.1. The molecule has 0 fully saturated rings. The molecule has 1 N–H and O–H groups in total. The van der Waals surface area contributed by atoms with Crippen molar-refractivity contribution in [2.24, 2.45) is 0 Å². The van der Waals surface area contributed by atoms with Gasteiger partial charge in [-0.3, -0.25) is 4.79 Å². The molecule has 164 valence electrons. The first-order chi connectivity index (χ1) is 15.2. The van der Waals surface area contributed by atoms with E-state index in [4.69, 9.17) is 28.3 Å². The molecule has 0 aliphatic rings. The van der Waals surface area contributed by atoms with Crippen molar-refractivity contribution in [1.82, 2.24) is 3.97 Å². The number of hydrogen-bond acceptors (Lipinski definition) is 3. The number of aliphatic carboxylic acids is 1. The number of carboxylic acids is 1. The van der Waals surface area contributed by atoms with Crippen LogP contribution in [0, 0.1) is 5.82 Å². The van der Waals surface area contributed by atoms with E-state index in [0.717, 1.165) is 3.97 Å². The number of benzene rings is 3. The number of halogens is 3. The van der Waals surface area contributed by atoms with Crippen molar-refractivity contribution < 1.29 is 22.7 Å². The first-order valence-electron chi connectivity index (χ1n) is 9.49. The van der Waals surface area contributed by atoms with Crippen molar-refractivity contribution >= 4 is 50.1 Å². The number of nitrogens with zero attached hydrogens (tertiary/aromatic N) is 1. The fourth-order valence-corrected chi connectivity index (χ4v) is 5.29. The summed E-state index contributed by atoms with van der Waals surface area (Å²) in [7, 11) is -4.03. The number of aromatic nitrogens is 1. The van der Waals surface area contributed by atoms with Crippen molar-refractivity contribution in [3.05, 3.63) is 88.3 Å². The fraction of sp³-hybridized carbons (Fsp3) is 0.0870. The van der Waals surface area contributed by atoms with Gasteiger partial charge in [0.2, 0.25) is 0 Å². The summed E-state index contributed by atoms with van der Waals surface area (Å²) in [6.07, 6.45) is 1.44. The number of carboxylic acid groups (broad SMARTS) is 1. The molecule has 32 heavy (non-hydrogen) atoms. The highest BCUT2D eigenvalue weighted by molar-refractivity contribution is 7.90. The van der Waals surface area contributed by atoms with E-state index in [1.165, 1.54) is 36.5 Å². The Labute approximate surface area is 193 Å². The Bertz CT molecular complexity index is 1460. The molecular weight excluding hydrogens is 476 g/mol. The maximum atomic E-state index is 13.5. The number of rotatable bonds is 6. The summed E-state index contributed by atoms with van der Waals surface area (Å²) in [5.41, 5.74) is 2.08. The smallest absolute Gasteiger partial charge is 0.303 e. The standard InChI is InChI=1S/C23H16Cl2FNO4S/c24-17-6-8-22-19(12-17)16(5-9-23(28)29)13-27(22)32(30,31)18-3-1-2-14(10-18)15-4-7-21(26)20(25)11-15/h1-4,6-8,10-13H,5,9H2,(H,28,29). The van der Waals surface area contributed by atoms with Crippen molar-refractivity contribution in [3.63, 3.8) is 0 Å². The number of hydrogen-bond donors (Lipinski definition) is 1. The van der Waals surface area contributed by atoms with E-state index in [-0.39, 0.29) is 22.8 Å². The summed E-state index contributed by atoms with van der Waals surface area (Å²) in [5, 5.41) is 9.96. The monoisotopic (exact) mass is 491 g/mol. The van der Waals surface area contributed by atoms with Crippen molar-refractivity contribution in [2.45, 2.75) is 17.7 Å². The maximum Gasteiger partial charge on any atom is 0.303 e. The molecule has 3 aromatic carbocycles. The lowest BCUT2D eigenvalue weighted by Gasteiger charge is -2.10. The molecule has 4 aromatic rings. The molecule has 0 bridgehead atoms. The second-order valence-electron chi connectivity index (χ2n) is 7.17. The molecule has 0 amide bonds. The van der Waals surface area contributed by atoms with Gasteiger partial charge in [0.25, 0.3) is 10.0 Å². The lowest BCUT2D eigenvalue weighted by molar-refractivity contribution is -0.136. The molecule has 0 saturated carbocycles. The van der Waals surface area contributed by atoms with Crippen molar-refractivity contribution in [3.8, 4) is 11.1 Å². The van der Waals surface area contributed by atoms with Gasteiger partial charge in [0.15, 0.2) is 0 Å². The minimum absolute atomic E-state index is 0.0204. The summed E-state index contributed by atoms with van der Waals surface area (Å²) < 4.78 is 41.7. The SMILES string of the molecule is O=C(O)CCc1cn(S(=O)(=O)c2cccc(-c3ccc(F)c(Cl)c3)c2)c2ccc(Cl)cc12. The van der Waals surface area contributed by atoms with Gasteiger partial charge in [-0.2, -0.15) is 0 Å². The van der Waals surface area contributed by atoms with Gasteiger partial charge in [-0.1, -0.05) is 41.4 Å². The van der Waals surface area contributed by atoms with Crippen LogP contribution in [0.15, 0.2) is 71.8 Å². The van der Waals surface area contributed by atoms with E-state index in [2.05, 4.69) is 0 Å². The third-order valence-electron chi connectivity index (χ3n) is 5.07. The summed E-state index contributed by atoms with van der Waals surface area (Å²) in [5.74, 6) is -1.55. The van der Waals surface area contributed by atoms with Gasteiger partial charge < -0.3 is 5.11 Å². The minimum atomic E-state index is -4.03. The van der Waals surface area contributed by atoms with E-state index in [9.17, 15) is 17.6 Å². The van der Waals surface area contributed by atoms with Crippen LogP contribution < -0.4 is 0 Å². The van der Waals surface area contributed by atoms with Gasteiger partial charge in [0.1, 0.15) is 5.82 Å². The van der Waals surface area contributed by atoms with Crippen LogP contribution in [-0.2, 0) is 21.2 Å². The van der Waals surface area contributed by atoms with Gasteiger partial charge in [0, 0.05) is 23.0 Å². The number of aryl methyl sites for hydroxylation is 1. The summed E-state index contributed by atoms with van der Waals surface area (Å²) in [6.45, 7) is 0. The van der Waals surface area contributed by atoms with Crippen LogP contribution >= 0.6 is 23.2 Å². The quantitative estimate of drug-likeness (QED) is 0.358. The molecule has 1 aromatic heterocycles. The van der Waals surface area contributed by atoms with Crippen LogP contribution in [0.1, 0.15) is 12.0 Å². The van der Waals surface area contributed by atoms with Crippen LogP contribution in [0.5, 0.6) is 0 Å². The molecule has 0 atom stereocenters. The predicted octanol–water partition coefficient (Wildman–Crippen LogP) is 6.01. The molecule has 0 aliphatic heterocycles. The number of carbonyl (C=O) groups is 1. The van der Waals surface area contributed by atoms with Gasteiger partial charge in [-0.15, -0.1) is 0 Å². The summed E-state index contributed by atoms with van der Waals surface area (Å²) in [4.78, 5) is 11.1. The Balaban J connectivity index is 1.83. The van der Waals surface area contributed by atoms with E-state index in [1.54, 1.807) is 30.3 Å². The average molecular weight is 492 g/mol. The molecule has 0 radical (unpaired) electrons. The second kappa shape index (κ2) is 8.58. The van der Waals surface area contributed by atoms with E-state index in [0.29, 0.717) is 32.6 Å². The van der Waals surface area contributed by atoms with Crippen molar-refractivity contribution in [1.29, 1.82) is 0 Å². The van der Waals surface area contributed by atoms with Crippen LogP contribution in [0.25, 0.3) is 22.0 Å². The third kappa shape index (κ3) is 4.24. The molecule has 0 unspecified atom stereocenters. The van der Waals surface area contributed by atoms with Gasteiger partial charge in [-0.05, 0) is 65.6 Å². The first-order valence-corrected chi connectivity index (χ1v) is 11.7. The Morgan fingerprint density at radius 2 is 1.75 bits per heavy atom. The lowest BCUT2D eigenvalue weighted by Crippen LogP contribution is -2.12. The highest BCUT2D eigenvalue weighted by atomic mass is 35.5. The highest BCUT2D eigenvalue weighted by Gasteiger charge is 2.22. The van der Waals surface area contributed by atoms with Crippen molar-refractivity contribution in [2.75, 3.05) is 0 Å². The third-order valence-corrected chi connectivity index (χ3v) is 7.26. The summed E-state index contributed by atoms with van der Waals surface area (Å²) >= 11 is 12.0. The fourth-order valence-electron chi connectivity index (χ4n) is 3.50. The highest BCUT2D eigenvalue weighted by Crippen LogP contribution is 2.31. The average Bonchev–Trinajstić information content (AvgIpc) is 3.12. The Kier molecular flexibility index (Phi) is 5.99. The molecule has 0 saturated heterocycles. The minimum Gasteiger partial charge on any atom is -0.481 e. The number of fused-ring (bicyclic) bond motifs is 1. The normalized spacial score (nSPS) is 11.7. The topological polar surface area (TPSA) is 76.4 Å². The van der Waals surface area contributed by atoms with E-state index < -0.39 is 21.8 Å². The van der Waals surface area contributed by atoms with Crippen LogP contribution in [0.3, 0.4) is 0 Å². The molecule has 1 heterocycles. The van der Waals surface area contributed by atoms with Crippen LogP contribution in [0.2, 0.25) is 10.0 Å². The molecule has 4 rings (SSSR count). The van der Waals surface area contributed by atoms with Crippen LogP contribution in [-0.4, -0.2) is 23.5 Å². The van der Waals surface area contributed by atoms with Gasteiger partial charge in [0.05, 0.1) is 15.4 Å². The predicted molar refractivity (Wildman–Crippen MR) is 122 cm³/mol. The molecular formula is C23H16Cl2FNO4S. The zero-order valence-electron chi connectivity index (χ0n) is 16.4. The molecule has 5 nitrogen and oxygen atoms in total. The zero-order chi connectivity index (χ0) is 23.0. The molecule has 0 aliphatic carbocycles. The maximum absolute atomic E-state index is 13.5. The van der Waals surface area contributed by atoms with E-state index in [1.807, 2.05) is 0 Å². The Hall–Kier alpha value is -2.87. The Morgan fingerprint density at radius 1 is 1.00 bits per heavy atom. The zero-order valence-corrected chi connectivity index (χ0v) is 18.8. The second-order valence-corrected chi connectivity index (χ2v) is 9.83. The molecule has 9 heteroatoms. The van der Waals surface area contributed by atoms with Gasteiger partial charge in [-0.25, -0.2) is 16.8 Å². The molecule has 0 spiro atoms. The Morgan fingerprint density at radius 3 is 2.47 bits per heavy atom. The summed E-state index contributed by atoms with van der Waals surface area (Å²) in [6, 6.07) is 15.2. The van der Waals surface area contributed by atoms with E-state index >= 15 is 0 Å². The van der Waals surface area contributed by atoms with Gasteiger partial charge >= 0.3 is 5.97 Å².